The Morgan fingerprint density at radius 1 is 1.30 bits per heavy atom. The Kier molecular flexibility index (Phi) is 7.91. The highest BCUT2D eigenvalue weighted by atomic mass is 16.1. The quantitative estimate of drug-likeness (QED) is 0.316. The van der Waals surface area contributed by atoms with Crippen molar-refractivity contribution < 1.29 is 6.22 Å². The lowest BCUT2D eigenvalue weighted by Gasteiger charge is -1.92. The van der Waals surface area contributed by atoms with Crippen LogP contribution in [0.5, 0.6) is 0 Å². The second kappa shape index (κ2) is 8.41. The van der Waals surface area contributed by atoms with Gasteiger partial charge in [0.1, 0.15) is 6.29 Å². The van der Waals surface area contributed by atoms with E-state index in [2.05, 4.69) is 6.92 Å². The molecule has 0 aromatic heterocycles. The summed E-state index contributed by atoms with van der Waals surface area (Å²) >= 11 is 0. The predicted molar refractivity (Wildman–Crippen MR) is 45.1 cm³/mol. The van der Waals surface area contributed by atoms with E-state index in [0.29, 0.717) is 0 Å². The molecule has 0 radical (unpaired) electrons. The van der Waals surface area contributed by atoms with E-state index in [-0.39, 0.29) is 1.43 Å². The number of carbonyl (C=O) groups is 1. The van der Waals surface area contributed by atoms with Crippen LogP contribution in [-0.2, 0) is 4.79 Å². The molecule has 0 fully saturated rings. The van der Waals surface area contributed by atoms with E-state index in [4.69, 9.17) is 0 Å². The summed E-state index contributed by atoms with van der Waals surface area (Å²) in [6.45, 7) is 2.20. The molecule has 1 heteroatoms. The summed E-state index contributed by atoms with van der Waals surface area (Å²) in [6.07, 6.45) is 10.5. The molecule has 58 valence electrons. The molecule has 0 saturated carbocycles. The molecule has 0 aliphatic heterocycles. The number of hydrogen-bond acceptors (Lipinski definition) is 1. The first-order chi connectivity index (χ1) is 4.91. The van der Waals surface area contributed by atoms with Gasteiger partial charge in [0, 0.05) is 0 Å². The Morgan fingerprint density at radius 2 is 2.10 bits per heavy atom. The van der Waals surface area contributed by atoms with Gasteiger partial charge in [-0.05, 0) is 18.9 Å². The number of allylic oxidation sites excluding steroid dienone is 2. The number of hydrogen-bond donors (Lipinski definition) is 0. The normalized spacial score (nSPS) is 10.5. The van der Waals surface area contributed by atoms with Crippen molar-refractivity contribution in [2.45, 2.75) is 39.0 Å². The Balaban J connectivity index is 0. The number of aldehydes is 1. The predicted octanol–water partition coefficient (Wildman–Crippen LogP) is 2.82. The van der Waals surface area contributed by atoms with E-state index in [1.807, 2.05) is 6.08 Å². The van der Waals surface area contributed by atoms with Crippen LogP contribution in [0.15, 0.2) is 12.2 Å². The van der Waals surface area contributed by atoms with Crippen LogP contribution in [0.3, 0.4) is 0 Å². The first-order valence-electron chi connectivity index (χ1n) is 4.02. The van der Waals surface area contributed by atoms with Crippen molar-refractivity contribution in [2.24, 2.45) is 0 Å². The summed E-state index contributed by atoms with van der Waals surface area (Å²) in [5.74, 6) is 0. The summed E-state index contributed by atoms with van der Waals surface area (Å²) in [5.41, 5.74) is 0. The first kappa shape index (κ1) is 9.41. The zero-order valence-corrected chi connectivity index (χ0v) is 6.68. The Hall–Kier alpha value is -0.590. The minimum Gasteiger partial charge on any atom is -0.299 e. The SMILES string of the molecule is CCCCCCC=CC=O.[H+]. The minimum atomic E-state index is 0. The summed E-state index contributed by atoms with van der Waals surface area (Å²) in [6, 6.07) is 0. The molecule has 0 unspecified atom stereocenters. The van der Waals surface area contributed by atoms with Gasteiger partial charge in [0.05, 0.1) is 0 Å². The summed E-state index contributed by atoms with van der Waals surface area (Å²) < 4.78 is 0. The zero-order valence-electron chi connectivity index (χ0n) is 7.68. The molecule has 0 aliphatic rings. The average Bonchev–Trinajstić information content (AvgIpc) is 1.97. The molecule has 0 saturated heterocycles. The Labute approximate surface area is 64.6 Å². The van der Waals surface area contributed by atoms with E-state index in [9.17, 15) is 4.79 Å². The molecule has 0 aliphatic carbocycles. The fourth-order valence-electron chi connectivity index (χ4n) is 0.841. The second-order valence-electron chi connectivity index (χ2n) is 2.41. The molecule has 0 amide bonds. The third-order valence-electron chi connectivity index (χ3n) is 1.44. The van der Waals surface area contributed by atoms with E-state index >= 15 is 0 Å². The van der Waals surface area contributed by atoms with Crippen LogP contribution in [0.1, 0.15) is 40.5 Å². The fourth-order valence-corrected chi connectivity index (χ4v) is 0.841. The van der Waals surface area contributed by atoms with Crippen molar-refractivity contribution in [1.29, 1.82) is 0 Å². The molecule has 0 bridgehead atoms. The highest BCUT2D eigenvalue weighted by molar-refractivity contribution is 5.64. The van der Waals surface area contributed by atoms with Crippen LogP contribution in [0.4, 0.5) is 0 Å². The average molecular weight is 141 g/mol. The van der Waals surface area contributed by atoms with Crippen LogP contribution in [0.2, 0.25) is 0 Å². The van der Waals surface area contributed by atoms with Crippen LogP contribution in [0.25, 0.3) is 0 Å². The van der Waals surface area contributed by atoms with Crippen LogP contribution >= 0.6 is 0 Å². The summed E-state index contributed by atoms with van der Waals surface area (Å²) in [5, 5.41) is 0. The summed E-state index contributed by atoms with van der Waals surface area (Å²) in [7, 11) is 0. The van der Waals surface area contributed by atoms with Gasteiger partial charge in [-0.1, -0.05) is 32.3 Å². The Bertz CT molecular complexity index is 99.7. The van der Waals surface area contributed by atoms with Gasteiger partial charge in [0.2, 0.25) is 0 Å². The minimum absolute atomic E-state index is 0. The largest absolute Gasteiger partial charge is 1.00 e. The molecule has 0 atom stereocenters. The smallest absolute Gasteiger partial charge is 0.299 e. The van der Waals surface area contributed by atoms with E-state index < -0.39 is 0 Å². The lowest BCUT2D eigenvalue weighted by Crippen LogP contribution is -1.73. The van der Waals surface area contributed by atoms with Crippen molar-refractivity contribution >= 4 is 6.29 Å². The van der Waals surface area contributed by atoms with Gasteiger partial charge in [-0.15, -0.1) is 0 Å². The van der Waals surface area contributed by atoms with Crippen molar-refractivity contribution in [2.75, 3.05) is 0 Å². The molecule has 1 nitrogen and oxygen atoms in total. The van der Waals surface area contributed by atoms with E-state index in [0.717, 1.165) is 12.7 Å². The van der Waals surface area contributed by atoms with Crippen LogP contribution in [-0.4, -0.2) is 6.29 Å². The third kappa shape index (κ3) is 7.41. The van der Waals surface area contributed by atoms with E-state index in [1.54, 1.807) is 6.08 Å². The van der Waals surface area contributed by atoms with Gasteiger partial charge in [0.15, 0.2) is 0 Å². The van der Waals surface area contributed by atoms with Crippen LogP contribution < -0.4 is 0 Å². The van der Waals surface area contributed by atoms with Gasteiger partial charge in [-0.2, -0.15) is 0 Å². The van der Waals surface area contributed by atoms with Crippen molar-refractivity contribution in [3.05, 3.63) is 12.2 Å². The molecule has 0 heterocycles. The molecule has 10 heavy (non-hydrogen) atoms. The molecule has 0 aromatic carbocycles. The maximum Gasteiger partial charge on any atom is 1.00 e. The van der Waals surface area contributed by atoms with Gasteiger partial charge < -0.3 is 0 Å². The molecular weight excluding hydrogens is 124 g/mol. The van der Waals surface area contributed by atoms with Gasteiger partial charge in [-0.3, -0.25) is 4.79 Å². The lowest BCUT2D eigenvalue weighted by atomic mass is 10.1. The van der Waals surface area contributed by atoms with E-state index in [1.165, 1.54) is 25.7 Å². The Morgan fingerprint density at radius 3 is 2.70 bits per heavy atom. The second-order valence-corrected chi connectivity index (χ2v) is 2.41. The maximum absolute atomic E-state index is 9.81. The zero-order chi connectivity index (χ0) is 7.66. The number of carbonyl (C=O) groups excluding carboxylic acids is 1. The standard InChI is InChI=1S/C9H16O/c1-2-3-4-5-6-7-8-9-10/h7-9H,2-6H2,1H3/p+1. The topological polar surface area (TPSA) is 17.1 Å². The van der Waals surface area contributed by atoms with Gasteiger partial charge in [0.25, 0.3) is 0 Å². The maximum atomic E-state index is 9.81. The van der Waals surface area contributed by atoms with Gasteiger partial charge in [-0.25, -0.2) is 0 Å². The highest BCUT2D eigenvalue weighted by Gasteiger charge is 1.82. The fraction of sp³-hybridized carbons (Fsp3) is 0.667. The van der Waals surface area contributed by atoms with Gasteiger partial charge >= 0.3 is 1.43 Å². The molecular formula is C9H17O+. The molecule has 0 aromatic rings. The monoisotopic (exact) mass is 141 g/mol. The molecule has 0 spiro atoms. The first-order valence-corrected chi connectivity index (χ1v) is 4.02. The highest BCUT2D eigenvalue weighted by Crippen LogP contribution is 2.02. The summed E-state index contributed by atoms with van der Waals surface area (Å²) in [4.78, 5) is 9.81. The molecule has 0 N–H and O–H groups in total. The van der Waals surface area contributed by atoms with Crippen LogP contribution in [0, 0.1) is 0 Å². The number of unbranched alkanes of at least 4 members (excludes halogenated alkanes) is 4. The number of rotatable bonds is 6. The lowest BCUT2D eigenvalue weighted by molar-refractivity contribution is -0.104. The third-order valence-corrected chi connectivity index (χ3v) is 1.44. The van der Waals surface area contributed by atoms with Crippen molar-refractivity contribution in [3.8, 4) is 0 Å². The van der Waals surface area contributed by atoms with Crippen molar-refractivity contribution in [3.63, 3.8) is 0 Å². The van der Waals surface area contributed by atoms with Crippen molar-refractivity contribution in [1.82, 2.24) is 0 Å². The molecule has 0 rings (SSSR count).